The van der Waals surface area contributed by atoms with Crippen LogP contribution in [0.4, 0.5) is 5.69 Å². The molecule has 0 bridgehead atoms. The van der Waals surface area contributed by atoms with Gasteiger partial charge in [0.25, 0.3) is 0 Å². The van der Waals surface area contributed by atoms with Crippen LogP contribution in [0.25, 0.3) is 0 Å². The number of ether oxygens (including phenoxy) is 1. The van der Waals surface area contributed by atoms with Gasteiger partial charge in [0.2, 0.25) is 0 Å². The summed E-state index contributed by atoms with van der Waals surface area (Å²) in [5.41, 5.74) is 6.70. The van der Waals surface area contributed by atoms with E-state index in [1.54, 1.807) is 6.08 Å². The highest BCUT2D eigenvalue weighted by molar-refractivity contribution is 5.93. The quantitative estimate of drug-likeness (QED) is 0.528. The highest BCUT2D eigenvalue weighted by Gasteiger charge is 2.63. The predicted molar refractivity (Wildman–Crippen MR) is 151 cm³/mol. The van der Waals surface area contributed by atoms with Crippen LogP contribution in [0.15, 0.2) is 71.3 Å². The van der Waals surface area contributed by atoms with Gasteiger partial charge in [0, 0.05) is 43.1 Å². The van der Waals surface area contributed by atoms with E-state index in [-0.39, 0.29) is 23.7 Å². The largest absolute Gasteiger partial charge is 0.378 e. The predicted octanol–water partition coefficient (Wildman–Crippen LogP) is 5.73. The molecule has 0 saturated heterocycles. The summed E-state index contributed by atoms with van der Waals surface area (Å²) >= 11 is 0. The lowest BCUT2D eigenvalue weighted by molar-refractivity contribution is -0.115. The first-order chi connectivity index (χ1) is 18.2. The second kappa shape index (κ2) is 9.26. The van der Waals surface area contributed by atoms with Gasteiger partial charge >= 0.3 is 0 Å². The van der Waals surface area contributed by atoms with Crippen molar-refractivity contribution in [2.45, 2.75) is 63.6 Å². The Morgan fingerprint density at radius 2 is 1.84 bits per heavy atom. The van der Waals surface area contributed by atoms with Crippen molar-refractivity contribution in [3.63, 3.8) is 0 Å². The van der Waals surface area contributed by atoms with Crippen LogP contribution in [0.3, 0.4) is 0 Å². The minimum Gasteiger partial charge on any atom is -0.378 e. The lowest BCUT2D eigenvalue weighted by Gasteiger charge is -2.53. The number of rotatable bonds is 2. The molecule has 2 saturated carbocycles. The first-order valence-electron chi connectivity index (χ1n) is 13.9. The summed E-state index contributed by atoms with van der Waals surface area (Å²) in [7, 11) is 4.11. The van der Waals surface area contributed by atoms with Gasteiger partial charge in [0.1, 0.15) is 5.60 Å². The molecular formula is C34H37NO3. The van der Waals surface area contributed by atoms with E-state index < -0.39 is 11.0 Å². The zero-order chi connectivity index (χ0) is 26.7. The van der Waals surface area contributed by atoms with Gasteiger partial charge in [-0.3, -0.25) is 4.79 Å². The summed E-state index contributed by atoms with van der Waals surface area (Å²) in [4.78, 5) is 14.4. The summed E-state index contributed by atoms with van der Waals surface area (Å²) in [5.74, 6) is 7.20. The Morgan fingerprint density at radius 1 is 1.08 bits per heavy atom. The number of anilines is 1. The van der Waals surface area contributed by atoms with Crippen LogP contribution in [-0.2, 0) is 9.53 Å². The SMILES string of the molecule is Cc1ccccc1C#C[C@]1(O)CC[C@H]2[C@@H]3OCC4=CC(=O)CCC4=C3[C@@H](c3ccc(N(C)C)cc3)C[C@@]21C. The summed E-state index contributed by atoms with van der Waals surface area (Å²) in [5, 5.41) is 12.2. The molecule has 0 radical (unpaired) electrons. The van der Waals surface area contributed by atoms with Crippen molar-refractivity contribution in [3.05, 3.63) is 88.0 Å². The van der Waals surface area contributed by atoms with Crippen molar-refractivity contribution in [1.29, 1.82) is 0 Å². The molecule has 0 aromatic heterocycles. The molecule has 38 heavy (non-hydrogen) atoms. The van der Waals surface area contributed by atoms with Crippen LogP contribution in [0.2, 0.25) is 0 Å². The topological polar surface area (TPSA) is 49.8 Å². The first kappa shape index (κ1) is 25.2. The smallest absolute Gasteiger partial charge is 0.156 e. The maximum absolute atomic E-state index is 12.3. The van der Waals surface area contributed by atoms with Gasteiger partial charge in [0.05, 0.1) is 12.7 Å². The van der Waals surface area contributed by atoms with Crippen molar-refractivity contribution >= 4 is 11.5 Å². The average molecular weight is 508 g/mol. The Balaban J connectivity index is 1.47. The third kappa shape index (κ3) is 3.96. The van der Waals surface area contributed by atoms with Crippen LogP contribution in [0.1, 0.15) is 61.6 Å². The second-order valence-corrected chi connectivity index (χ2v) is 12.0. The van der Waals surface area contributed by atoms with Gasteiger partial charge in [0.15, 0.2) is 5.78 Å². The Kier molecular flexibility index (Phi) is 6.13. The van der Waals surface area contributed by atoms with Crippen molar-refractivity contribution < 1.29 is 14.6 Å². The van der Waals surface area contributed by atoms with Gasteiger partial charge in [-0.2, -0.15) is 0 Å². The second-order valence-electron chi connectivity index (χ2n) is 12.0. The molecule has 5 atom stereocenters. The molecule has 1 N–H and O–H groups in total. The number of fused-ring (bicyclic) bond motifs is 4. The number of ketones is 1. The number of aryl methyl sites for hydroxylation is 1. The van der Waals surface area contributed by atoms with Crippen LogP contribution in [-0.4, -0.2) is 43.3 Å². The fraction of sp³-hybridized carbons (Fsp3) is 0.441. The van der Waals surface area contributed by atoms with Gasteiger partial charge in [-0.05, 0) is 90.6 Å². The lowest BCUT2D eigenvalue weighted by atomic mass is 9.55. The zero-order valence-corrected chi connectivity index (χ0v) is 22.9. The lowest BCUT2D eigenvalue weighted by Crippen LogP contribution is -2.53. The molecule has 0 unspecified atom stereocenters. The third-order valence-corrected chi connectivity index (χ3v) is 9.73. The minimum atomic E-state index is -1.10. The number of hydrogen-bond acceptors (Lipinski definition) is 4. The number of carbonyl (C=O) groups excluding carboxylic acids is 1. The van der Waals surface area contributed by atoms with Crippen LogP contribution < -0.4 is 4.90 Å². The summed E-state index contributed by atoms with van der Waals surface area (Å²) in [6.45, 7) is 4.77. The molecule has 0 spiro atoms. The fourth-order valence-corrected chi connectivity index (χ4v) is 7.41. The zero-order valence-electron chi connectivity index (χ0n) is 22.9. The van der Waals surface area contributed by atoms with Crippen LogP contribution in [0.5, 0.6) is 0 Å². The summed E-state index contributed by atoms with van der Waals surface area (Å²) < 4.78 is 6.62. The van der Waals surface area contributed by atoms with E-state index in [1.165, 1.54) is 16.7 Å². The minimum absolute atomic E-state index is 0.0677. The Bertz CT molecular complexity index is 1410. The molecule has 1 aliphatic heterocycles. The van der Waals surface area contributed by atoms with E-state index in [4.69, 9.17) is 4.74 Å². The number of hydrogen-bond donors (Lipinski definition) is 1. The molecule has 2 aromatic carbocycles. The van der Waals surface area contributed by atoms with Crippen LogP contribution >= 0.6 is 0 Å². The number of carbonyl (C=O) groups is 1. The highest BCUT2D eigenvalue weighted by Crippen LogP contribution is 2.64. The molecule has 0 amide bonds. The van der Waals surface area contributed by atoms with Crippen LogP contribution in [0, 0.1) is 30.1 Å². The normalized spacial score (nSPS) is 32.0. The Hall–Kier alpha value is -3.13. The van der Waals surface area contributed by atoms with Crippen molar-refractivity contribution in [1.82, 2.24) is 0 Å². The number of aliphatic hydroxyl groups is 1. The maximum atomic E-state index is 12.3. The molecule has 2 aromatic rings. The van der Waals surface area contributed by atoms with Crippen molar-refractivity contribution in [2.24, 2.45) is 11.3 Å². The van der Waals surface area contributed by atoms with Crippen molar-refractivity contribution in [2.75, 3.05) is 25.6 Å². The highest BCUT2D eigenvalue weighted by atomic mass is 16.5. The molecule has 4 nitrogen and oxygen atoms in total. The molecule has 1 heterocycles. The molecule has 4 heteroatoms. The Labute approximate surface area is 226 Å². The molecule has 6 rings (SSSR count). The number of nitrogens with zero attached hydrogens (tertiary/aromatic N) is 1. The molecule has 196 valence electrons. The molecule has 2 fully saturated rings. The van der Waals surface area contributed by atoms with E-state index in [0.29, 0.717) is 19.4 Å². The van der Waals surface area contributed by atoms with Gasteiger partial charge < -0.3 is 14.7 Å². The van der Waals surface area contributed by atoms with E-state index in [0.717, 1.165) is 41.6 Å². The van der Waals surface area contributed by atoms with E-state index in [9.17, 15) is 9.90 Å². The van der Waals surface area contributed by atoms with E-state index >= 15 is 0 Å². The van der Waals surface area contributed by atoms with E-state index in [2.05, 4.69) is 75.0 Å². The van der Waals surface area contributed by atoms with Gasteiger partial charge in [-0.15, -0.1) is 0 Å². The fourth-order valence-electron chi connectivity index (χ4n) is 7.41. The third-order valence-electron chi connectivity index (χ3n) is 9.73. The maximum Gasteiger partial charge on any atom is 0.156 e. The first-order valence-corrected chi connectivity index (χ1v) is 13.9. The summed E-state index contributed by atoms with van der Waals surface area (Å²) in [6.07, 6.45) is 5.41. The average Bonchev–Trinajstić information content (AvgIpc) is 3.17. The molecule has 4 aliphatic rings. The Morgan fingerprint density at radius 3 is 2.58 bits per heavy atom. The monoisotopic (exact) mass is 507 g/mol. The van der Waals surface area contributed by atoms with Gasteiger partial charge in [-0.1, -0.05) is 49.1 Å². The standard InChI is InChI=1S/C34H37NO3/c1-22-7-5-6-8-23(22)15-17-34(37)18-16-30-32-31(28-14-13-27(36)19-25(28)21-38-32)29(20-33(30,34)2)24-9-11-26(12-10-24)35(3)4/h5-12,19,29-30,32,37H,13-14,16,18,20-21H2,1-4H3/t29-,30+,32+,33+,34+/m1/s1. The number of allylic oxidation sites excluding steroid dienone is 1. The number of benzene rings is 2. The van der Waals surface area contributed by atoms with Gasteiger partial charge in [-0.25, -0.2) is 0 Å². The molecular weight excluding hydrogens is 470 g/mol. The summed E-state index contributed by atoms with van der Waals surface area (Å²) in [6, 6.07) is 16.9. The molecule has 3 aliphatic carbocycles. The van der Waals surface area contributed by atoms with E-state index in [1.807, 2.05) is 18.2 Å². The van der Waals surface area contributed by atoms with Crippen molar-refractivity contribution in [3.8, 4) is 11.8 Å².